The minimum Gasteiger partial charge on any atom is -0.492 e. The first kappa shape index (κ1) is 21.5. The fraction of sp³-hybridized carbons (Fsp3) is 0.667. The van der Waals surface area contributed by atoms with Crippen LogP contribution in [0.3, 0.4) is 0 Å². The molecule has 0 saturated carbocycles. The fourth-order valence-corrected chi connectivity index (χ4v) is 3.15. The van der Waals surface area contributed by atoms with E-state index in [0.29, 0.717) is 18.0 Å². The van der Waals surface area contributed by atoms with Crippen LogP contribution in [0.5, 0.6) is 5.75 Å². The third-order valence-electron chi connectivity index (χ3n) is 4.89. The lowest BCUT2D eigenvalue weighted by atomic mass is 10.2. The van der Waals surface area contributed by atoms with E-state index >= 15 is 0 Å². The van der Waals surface area contributed by atoms with Crippen molar-refractivity contribution in [1.29, 1.82) is 0 Å². The lowest BCUT2D eigenvalue weighted by Crippen LogP contribution is -2.46. The van der Waals surface area contributed by atoms with Crippen LogP contribution in [0, 0.1) is 0 Å². The van der Waals surface area contributed by atoms with Gasteiger partial charge in [-0.15, -0.1) is 0 Å². The topological polar surface area (TPSA) is 54.0 Å². The highest BCUT2D eigenvalue weighted by atomic mass is 16.5. The zero-order valence-electron chi connectivity index (χ0n) is 17.3. The van der Waals surface area contributed by atoms with E-state index in [4.69, 9.17) is 9.47 Å². The summed E-state index contributed by atoms with van der Waals surface area (Å²) in [6.45, 7) is 14.2. The Morgan fingerprint density at radius 2 is 1.93 bits per heavy atom. The zero-order chi connectivity index (χ0) is 19.6. The van der Waals surface area contributed by atoms with E-state index < -0.39 is 0 Å². The quantitative estimate of drug-likeness (QED) is 0.677. The molecule has 0 bridgehead atoms. The van der Waals surface area contributed by atoms with E-state index in [2.05, 4.69) is 28.1 Å². The van der Waals surface area contributed by atoms with Gasteiger partial charge in [0.05, 0.1) is 18.4 Å². The third kappa shape index (κ3) is 6.70. The fourth-order valence-electron chi connectivity index (χ4n) is 3.15. The molecule has 1 aromatic carbocycles. The van der Waals surface area contributed by atoms with Crippen LogP contribution in [-0.4, -0.2) is 62.8 Å². The summed E-state index contributed by atoms with van der Waals surface area (Å²) in [5.74, 6) is 0.556. The Morgan fingerprint density at radius 1 is 1.19 bits per heavy atom. The molecule has 1 amide bonds. The van der Waals surface area contributed by atoms with Crippen LogP contribution in [0.4, 0.5) is 11.4 Å². The monoisotopic (exact) mass is 377 g/mol. The van der Waals surface area contributed by atoms with E-state index in [1.165, 1.54) is 13.0 Å². The Morgan fingerprint density at radius 3 is 2.56 bits per heavy atom. The maximum Gasteiger partial charge on any atom is 0.250 e. The minimum atomic E-state index is -0.155. The summed E-state index contributed by atoms with van der Waals surface area (Å²) in [5, 5.41) is 2.91. The summed E-state index contributed by atoms with van der Waals surface area (Å²) in [6, 6.07) is 6.02. The minimum absolute atomic E-state index is 0.0573. The molecular formula is C21H35N3O3. The number of carbonyl (C=O) groups excluding carboxylic acids is 1. The van der Waals surface area contributed by atoms with Gasteiger partial charge in [-0.25, -0.2) is 0 Å². The summed E-state index contributed by atoms with van der Waals surface area (Å²) in [5.41, 5.74) is 1.84. The number of benzene rings is 1. The second-order valence-electron chi connectivity index (χ2n) is 7.02. The van der Waals surface area contributed by atoms with Gasteiger partial charge >= 0.3 is 0 Å². The molecule has 1 heterocycles. The van der Waals surface area contributed by atoms with Crippen LogP contribution in [-0.2, 0) is 9.53 Å². The first-order valence-corrected chi connectivity index (χ1v) is 10.2. The molecule has 1 aromatic rings. The van der Waals surface area contributed by atoms with Gasteiger partial charge in [0.15, 0.2) is 0 Å². The lowest BCUT2D eigenvalue weighted by molar-refractivity contribution is -0.122. The van der Waals surface area contributed by atoms with Crippen LogP contribution < -0.4 is 15.0 Å². The first-order chi connectivity index (χ1) is 13.1. The Hall–Kier alpha value is -1.79. The van der Waals surface area contributed by atoms with Gasteiger partial charge in [-0.2, -0.15) is 0 Å². The van der Waals surface area contributed by atoms with Gasteiger partial charge in [0.2, 0.25) is 5.91 Å². The molecular weight excluding hydrogens is 342 g/mol. The van der Waals surface area contributed by atoms with Gasteiger partial charge in [-0.05, 0) is 45.4 Å². The van der Waals surface area contributed by atoms with Crippen LogP contribution in [0.1, 0.15) is 40.5 Å². The Labute approximate surface area is 163 Å². The molecule has 0 spiro atoms. The molecule has 0 aliphatic carbocycles. The van der Waals surface area contributed by atoms with Crippen LogP contribution in [0.15, 0.2) is 18.2 Å². The van der Waals surface area contributed by atoms with Gasteiger partial charge in [-0.3, -0.25) is 9.69 Å². The highest BCUT2D eigenvalue weighted by Gasteiger charge is 2.18. The van der Waals surface area contributed by atoms with Crippen molar-refractivity contribution in [2.24, 2.45) is 0 Å². The molecule has 1 atom stereocenters. The Kier molecular flexibility index (Phi) is 8.88. The van der Waals surface area contributed by atoms with Crippen LogP contribution in [0.25, 0.3) is 0 Å². The SMILES string of the molecule is CCCN1CCN(c2ccc(NC(=O)COC(C)CC)c(OCC)c2)CC1. The number of nitrogens with one attached hydrogen (secondary N) is 1. The van der Waals surface area contributed by atoms with E-state index in [1.54, 1.807) is 0 Å². The number of piperazine rings is 1. The number of hydrogen-bond acceptors (Lipinski definition) is 5. The van der Waals surface area contributed by atoms with Crippen molar-refractivity contribution in [1.82, 2.24) is 4.90 Å². The van der Waals surface area contributed by atoms with Gasteiger partial charge < -0.3 is 19.7 Å². The van der Waals surface area contributed by atoms with Crippen LogP contribution in [0.2, 0.25) is 0 Å². The second-order valence-corrected chi connectivity index (χ2v) is 7.02. The number of ether oxygens (including phenoxy) is 2. The number of nitrogens with zero attached hydrogens (tertiary/aromatic N) is 2. The normalized spacial score (nSPS) is 16.2. The maximum absolute atomic E-state index is 12.2. The van der Waals surface area contributed by atoms with Crippen LogP contribution >= 0.6 is 0 Å². The highest BCUT2D eigenvalue weighted by molar-refractivity contribution is 5.93. The largest absolute Gasteiger partial charge is 0.492 e. The number of amides is 1. The van der Waals surface area contributed by atoms with Gasteiger partial charge in [0, 0.05) is 37.9 Å². The van der Waals surface area contributed by atoms with E-state index in [1.807, 2.05) is 32.9 Å². The van der Waals surface area contributed by atoms with Crippen molar-refractivity contribution in [3.8, 4) is 5.75 Å². The molecule has 6 heteroatoms. The van der Waals surface area contributed by atoms with Crippen molar-refractivity contribution in [2.45, 2.75) is 46.6 Å². The predicted octanol–water partition coefficient (Wildman–Crippen LogP) is 3.37. The average molecular weight is 378 g/mol. The summed E-state index contributed by atoms with van der Waals surface area (Å²) < 4.78 is 11.3. The van der Waals surface area contributed by atoms with Crippen molar-refractivity contribution >= 4 is 17.3 Å². The molecule has 1 fully saturated rings. The lowest BCUT2D eigenvalue weighted by Gasteiger charge is -2.36. The van der Waals surface area contributed by atoms with Crippen molar-refractivity contribution < 1.29 is 14.3 Å². The van der Waals surface area contributed by atoms with Gasteiger partial charge in [-0.1, -0.05) is 13.8 Å². The summed E-state index contributed by atoms with van der Waals surface area (Å²) >= 11 is 0. The predicted molar refractivity (Wildman–Crippen MR) is 111 cm³/mol. The molecule has 0 radical (unpaired) electrons. The van der Waals surface area contributed by atoms with Crippen molar-refractivity contribution in [3.63, 3.8) is 0 Å². The molecule has 0 aromatic heterocycles. The van der Waals surface area contributed by atoms with Gasteiger partial charge in [0.25, 0.3) is 0 Å². The summed E-state index contributed by atoms with van der Waals surface area (Å²) in [4.78, 5) is 17.1. The number of anilines is 2. The van der Waals surface area contributed by atoms with Crippen molar-refractivity contribution in [2.75, 3.05) is 56.2 Å². The molecule has 27 heavy (non-hydrogen) atoms. The zero-order valence-corrected chi connectivity index (χ0v) is 17.3. The summed E-state index contributed by atoms with van der Waals surface area (Å²) in [6.07, 6.45) is 2.16. The molecule has 2 rings (SSSR count). The van der Waals surface area contributed by atoms with E-state index in [-0.39, 0.29) is 18.6 Å². The number of carbonyl (C=O) groups is 1. The standard InChI is InChI=1S/C21H35N3O3/c1-5-10-23-11-13-24(14-12-23)18-8-9-19(20(15-18)26-7-3)22-21(25)16-27-17(4)6-2/h8-9,15,17H,5-7,10-14,16H2,1-4H3,(H,22,25). The molecule has 1 aliphatic heterocycles. The highest BCUT2D eigenvalue weighted by Crippen LogP contribution is 2.30. The molecule has 1 N–H and O–H groups in total. The molecule has 1 aliphatic rings. The van der Waals surface area contributed by atoms with E-state index in [0.717, 1.165) is 38.3 Å². The molecule has 1 unspecified atom stereocenters. The Balaban J connectivity index is 2.00. The van der Waals surface area contributed by atoms with Gasteiger partial charge in [0.1, 0.15) is 12.4 Å². The molecule has 6 nitrogen and oxygen atoms in total. The summed E-state index contributed by atoms with van der Waals surface area (Å²) in [7, 11) is 0. The number of rotatable bonds is 10. The average Bonchev–Trinajstić information content (AvgIpc) is 2.68. The second kappa shape index (κ2) is 11.1. The third-order valence-corrected chi connectivity index (χ3v) is 4.89. The number of hydrogen-bond donors (Lipinski definition) is 1. The Bertz CT molecular complexity index is 586. The van der Waals surface area contributed by atoms with Crippen molar-refractivity contribution in [3.05, 3.63) is 18.2 Å². The molecule has 152 valence electrons. The maximum atomic E-state index is 12.2. The molecule has 1 saturated heterocycles. The first-order valence-electron chi connectivity index (χ1n) is 10.2. The van der Waals surface area contributed by atoms with E-state index in [9.17, 15) is 4.79 Å². The smallest absolute Gasteiger partial charge is 0.250 e.